The molecular formula is C14H12I2O2S. The smallest absolute Gasteiger partial charge is 0.209 e. The number of aryl methyl sites for hydroxylation is 2. The zero-order chi connectivity index (χ0) is 14.2. The maximum absolute atomic E-state index is 12.9. The van der Waals surface area contributed by atoms with E-state index in [4.69, 9.17) is 0 Å². The molecule has 0 amide bonds. The van der Waals surface area contributed by atoms with Crippen LogP contribution in [0.1, 0.15) is 11.1 Å². The number of benzene rings is 2. The van der Waals surface area contributed by atoms with E-state index in [0.29, 0.717) is 9.79 Å². The highest BCUT2D eigenvalue weighted by atomic mass is 127. The van der Waals surface area contributed by atoms with Crippen LogP contribution < -0.4 is 0 Å². The van der Waals surface area contributed by atoms with Gasteiger partial charge >= 0.3 is 0 Å². The Morgan fingerprint density at radius 2 is 1.16 bits per heavy atom. The van der Waals surface area contributed by atoms with Gasteiger partial charge in [-0.2, -0.15) is 0 Å². The van der Waals surface area contributed by atoms with Crippen molar-refractivity contribution >= 4 is 55.0 Å². The molecule has 19 heavy (non-hydrogen) atoms. The van der Waals surface area contributed by atoms with Crippen LogP contribution in [0.25, 0.3) is 0 Å². The molecule has 0 fully saturated rings. The van der Waals surface area contributed by atoms with E-state index in [1.54, 1.807) is 0 Å². The Morgan fingerprint density at radius 1 is 0.789 bits per heavy atom. The highest BCUT2D eigenvalue weighted by Crippen LogP contribution is 2.32. The van der Waals surface area contributed by atoms with Crippen LogP contribution in [0, 0.1) is 21.0 Å². The van der Waals surface area contributed by atoms with Crippen LogP contribution >= 0.6 is 45.2 Å². The van der Waals surface area contributed by atoms with Crippen LogP contribution in [0.2, 0.25) is 0 Å². The van der Waals surface area contributed by atoms with E-state index in [9.17, 15) is 8.42 Å². The molecule has 0 N–H and O–H groups in total. The maximum Gasteiger partial charge on any atom is 0.209 e. The predicted molar refractivity (Wildman–Crippen MR) is 93.2 cm³/mol. The summed E-state index contributed by atoms with van der Waals surface area (Å²) < 4.78 is 27.3. The van der Waals surface area contributed by atoms with E-state index >= 15 is 0 Å². The lowest BCUT2D eigenvalue weighted by Crippen LogP contribution is -2.09. The van der Waals surface area contributed by atoms with Crippen molar-refractivity contribution in [2.45, 2.75) is 23.6 Å². The first-order valence-electron chi connectivity index (χ1n) is 5.61. The Kier molecular flexibility index (Phi) is 4.56. The number of hydrogen-bond donors (Lipinski definition) is 0. The third-order valence-electron chi connectivity index (χ3n) is 2.87. The van der Waals surface area contributed by atoms with E-state index in [1.165, 1.54) is 0 Å². The molecule has 2 aromatic rings. The molecular weight excluding hydrogens is 486 g/mol. The molecule has 0 aliphatic rings. The van der Waals surface area contributed by atoms with Gasteiger partial charge in [-0.15, -0.1) is 0 Å². The first-order valence-corrected chi connectivity index (χ1v) is 9.25. The topological polar surface area (TPSA) is 34.1 Å². The maximum atomic E-state index is 12.9. The number of halogens is 2. The Labute approximate surface area is 140 Å². The van der Waals surface area contributed by atoms with Crippen LogP contribution in [0.5, 0.6) is 0 Å². The van der Waals surface area contributed by atoms with Gasteiger partial charge in [0.05, 0.1) is 9.79 Å². The Bertz CT molecular complexity index is 639. The standard InChI is InChI=1S/C14H12I2O2S/c1-9-5-3-7-11(15)13(9)19(17,18)14-10(2)6-4-8-12(14)16/h3-8H,1-2H3. The molecule has 0 aliphatic heterocycles. The molecule has 0 aliphatic carbocycles. The van der Waals surface area contributed by atoms with Crippen LogP contribution in [-0.4, -0.2) is 8.42 Å². The summed E-state index contributed by atoms with van der Waals surface area (Å²) in [5, 5.41) is 0. The second kappa shape index (κ2) is 5.69. The number of sulfone groups is 1. The normalized spacial score (nSPS) is 11.6. The van der Waals surface area contributed by atoms with Gasteiger partial charge in [-0.05, 0) is 82.3 Å². The second-order valence-electron chi connectivity index (χ2n) is 4.28. The molecule has 0 aromatic heterocycles. The van der Waals surface area contributed by atoms with Crippen LogP contribution in [0.15, 0.2) is 46.2 Å². The van der Waals surface area contributed by atoms with Gasteiger partial charge in [0, 0.05) is 7.14 Å². The van der Waals surface area contributed by atoms with Crippen LogP contribution in [0.4, 0.5) is 0 Å². The average Bonchev–Trinajstić information content (AvgIpc) is 2.27. The molecule has 0 heterocycles. The van der Waals surface area contributed by atoms with Crippen molar-refractivity contribution in [2.24, 2.45) is 0 Å². The van der Waals surface area contributed by atoms with Crippen molar-refractivity contribution < 1.29 is 8.42 Å². The molecule has 0 saturated carbocycles. The fourth-order valence-electron chi connectivity index (χ4n) is 2.02. The van der Waals surface area contributed by atoms with E-state index in [-0.39, 0.29) is 0 Å². The Hall–Kier alpha value is -0.150. The van der Waals surface area contributed by atoms with Crippen LogP contribution in [-0.2, 0) is 9.84 Å². The van der Waals surface area contributed by atoms with E-state index < -0.39 is 9.84 Å². The van der Waals surface area contributed by atoms with Gasteiger partial charge in [0.15, 0.2) is 0 Å². The molecule has 2 aromatic carbocycles. The fourth-order valence-corrected chi connectivity index (χ4v) is 6.86. The molecule has 0 spiro atoms. The number of rotatable bonds is 2. The molecule has 2 nitrogen and oxygen atoms in total. The molecule has 5 heteroatoms. The third-order valence-corrected chi connectivity index (χ3v) is 7.55. The lowest BCUT2D eigenvalue weighted by molar-refractivity contribution is 0.593. The van der Waals surface area contributed by atoms with Crippen LogP contribution in [0.3, 0.4) is 0 Å². The largest absolute Gasteiger partial charge is 0.218 e. The Balaban J connectivity index is 2.81. The van der Waals surface area contributed by atoms with Gasteiger partial charge in [0.1, 0.15) is 0 Å². The van der Waals surface area contributed by atoms with Crippen molar-refractivity contribution in [3.8, 4) is 0 Å². The molecule has 0 atom stereocenters. The molecule has 0 radical (unpaired) electrons. The molecule has 2 rings (SSSR count). The minimum absolute atomic E-state index is 0.419. The average molecular weight is 498 g/mol. The summed E-state index contributed by atoms with van der Waals surface area (Å²) in [6.45, 7) is 3.67. The van der Waals surface area contributed by atoms with Gasteiger partial charge in [0.2, 0.25) is 9.84 Å². The molecule has 0 saturated heterocycles. The minimum Gasteiger partial charge on any atom is -0.218 e. The monoisotopic (exact) mass is 498 g/mol. The van der Waals surface area contributed by atoms with Crippen molar-refractivity contribution in [3.05, 3.63) is 54.7 Å². The molecule has 100 valence electrons. The second-order valence-corrected chi connectivity index (χ2v) is 8.42. The van der Waals surface area contributed by atoms with E-state index in [1.807, 2.05) is 50.2 Å². The Morgan fingerprint density at radius 3 is 1.47 bits per heavy atom. The first-order chi connectivity index (χ1) is 8.85. The zero-order valence-electron chi connectivity index (χ0n) is 10.4. The van der Waals surface area contributed by atoms with Crippen molar-refractivity contribution in [3.63, 3.8) is 0 Å². The van der Waals surface area contributed by atoms with E-state index in [2.05, 4.69) is 45.2 Å². The fraction of sp³-hybridized carbons (Fsp3) is 0.143. The molecule has 0 bridgehead atoms. The summed E-state index contributed by atoms with van der Waals surface area (Å²) in [6.07, 6.45) is 0. The van der Waals surface area contributed by atoms with Gasteiger partial charge in [0.25, 0.3) is 0 Å². The third kappa shape index (κ3) is 2.82. The van der Waals surface area contributed by atoms with Gasteiger partial charge in [-0.25, -0.2) is 8.42 Å². The quantitative estimate of drug-likeness (QED) is 0.578. The number of hydrogen-bond acceptors (Lipinski definition) is 2. The van der Waals surface area contributed by atoms with Gasteiger partial charge in [-0.1, -0.05) is 24.3 Å². The van der Waals surface area contributed by atoms with Crippen molar-refractivity contribution in [1.29, 1.82) is 0 Å². The van der Waals surface area contributed by atoms with Crippen molar-refractivity contribution in [1.82, 2.24) is 0 Å². The summed E-state index contributed by atoms with van der Waals surface area (Å²) in [4.78, 5) is 0.839. The summed E-state index contributed by atoms with van der Waals surface area (Å²) in [6, 6.07) is 11.1. The lowest BCUT2D eigenvalue weighted by atomic mass is 10.2. The minimum atomic E-state index is -3.48. The highest BCUT2D eigenvalue weighted by molar-refractivity contribution is 14.1. The summed E-state index contributed by atoms with van der Waals surface area (Å²) in [7, 11) is -3.48. The highest BCUT2D eigenvalue weighted by Gasteiger charge is 2.26. The first kappa shape index (κ1) is 15.2. The predicted octanol–water partition coefficient (Wildman–Crippen LogP) is 4.35. The van der Waals surface area contributed by atoms with Gasteiger partial charge in [-0.3, -0.25) is 0 Å². The molecule has 0 unspecified atom stereocenters. The van der Waals surface area contributed by atoms with E-state index in [0.717, 1.165) is 18.3 Å². The van der Waals surface area contributed by atoms with Crippen molar-refractivity contribution in [2.75, 3.05) is 0 Å². The SMILES string of the molecule is Cc1cccc(I)c1S(=O)(=O)c1c(C)cccc1I. The zero-order valence-corrected chi connectivity index (χ0v) is 15.6. The summed E-state index contributed by atoms with van der Waals surface area (Å²) >= 11 is 4.16. The lowest BCUT2D eigenvalue weighted by Gasteiger charge is -2.13. The van der Waals surface area contributed by atoms with Gasteiger partial charge < -0.3 is 0 Å². The summed E-state index contributed by atoms with van der Waals surface area (Å²) in [5.41, 5.74) is 1.57. The summed E-state index contributed by atoms with van der Waals surface area (Å²) in [5.74, 6) is 0.